The molecular formula is C22H20N2O2S. The first-order valence-corrected chi connectivity index (χ1v) is 9.49. The molecule has 0 radical (unpaired) electrons. The summed E-state index contributed by atoms with van der Waals surface area (Å²) in [5, 5.41) is 3.80. The summed E-state index contributed by atoms with van der Waals surface area (Å²) >= 11 is 1.58. The third kappa shape index (κ3) is 5.21. The van der Waals surface area contributed by atoms with Gasteiger partial charge in [0.2, 0.25) is 0 Å². The number of amidine groups is 1. The second-order valence-corrected chi connectivity index (χ2v) is 7.01. The zero-order valence-electron chi connectivity index (χ0n) is 15.0. The van der Waals surface area contributed by atoms with E-state index in [4.69, 9.17) is 10.6 Å². The number of nitrogens with zero attached hydrogens (tertiary/aromatic N) is 1. The van der Waals surface area contributed by atoms with E-state index in [-0.39, 0.29) is 5.84 Å². The summed E-state index contributed by atoms with van der Waals surface area (Å²) in [6, 6.07) is 24.9. The largest absolute Gasteiger partial charge is 0.380 e. The number of hydrogen-bond donors (Lipinski definition) is 1. The molecular weight excluding hydrogens is 356 g/mol. The molecule has 3 aromatic carbocycles. The van der Waals surface area contributed by atoms with Crippen molar-refractivity contribution < 1.29 is 9.63 Å². The maximum absolute atomic E-state index is 12.5. The molecule has 27 heavy (non-hydrogen) atoms. The molecule has 4 nitrogen and oxygen atoms in total. The molecule has 0 aliphatic heterocycles. The van der Waals surface area contributed by atoms with Crippen LogP contribution in [-0.2, 0) is 10.6 Å². The van der Waals surface area contributed by atoms with Crippen molar-refractivity contribution in [3.8, 4) is 0 Å². The molecule has 0 heterocycles. The molecule has 0 bridgehead atoms. The van der Waals surface area contributed by atoms with Gasteiger partial charge in [-0.05, 0) is 24.6 Å². The van der Waals surface area contributed by atoms with Crippen LogP contribution in [0.5, 0.6) is 0 Å². The van der Waals surface area contributed by atoms with Crippen LogP contribution in [-0.4, -0.2) is 11.8 Å². The normalized spacial score (nSPS) is 11.2. The summed E-state index contributed by atoms with van der Waals surface area (Å²) in [6.45, 7) is 1.99. The fraction of sp³-hybridized carbons (Fsp3) is 0.0909. The van der Waals surface area contributed by atoms with Crippen LogP contribution >= 0.6 is 11.8 Å². The average molecular weight is 376 g/mol. The van der Waals surface area contributed by atoms with E-state index in [9.17, 15) is 4.79 Å². The standard InChI is InChI=1S/C22H20N2O2S/c1-16-11-13-18(14-12-16)21(23)24-26-22(25)19-9-5-6-10-20(19)27-15-17-7-3-2-4-8-17/h2-14H,15H2,1H3,(H2,23,24). The van der Waals surface area contributed by atoms with Gasteiger partial charge in [0.15, 0.2) is 5.84 Å². The Labute approximate surface area is 163 Å². The van der Waals surface area contributed by atoms with Gasteiger partial charge in [0.05, 0.1) is 5.56 Å². The first-order chi connectivity index (χ1) is 13.1. The average Bonchev–Trinajstić information content (AvgIpc) is 2.71. The van der Waals surface area contributed by atoms with Crippen molar-refractivity contribution in [2.24, 2.45) is 10.9 Å². The Morgan fingerprint density at radius 2 is 1.63 bits per heavy atom. The summed E-state index contributed by atoms with van der Waals surface area (Å²) in [5.41, 5.74) is 9.40. The third-order valence-corrected chi connectivity index (χ3v) is 5.06. The quantitative estimate of drug-likeness (QED) is 0.221. The Bertz CT molecular complexity index is 938. The topological polar surface area (TPSA) is 64.7 Å². The summed E-state index contributed by atoms with van der Waals surface area (Å²) < 4.78 is 0. The maximum atomic E-state index is 12.5. The van der Waals surface area contributed by atoms with Gasteiger partial charge >= 0.3 is 5.97 Å². The SMILES string of the molecule is Cc1ccc(/C(N)=N\OC(=O)c2ccccc2SCc2ccccc2)cc1. The van der Waals surface area contributed by atoms with E-state index < -0.39 is 5.97 Å². The van der Waals surface area contributed by atoms with Crippen LogP contribution in [0, 0.1) is 6.92 Å². The molecule has 5 heteroatoms. The van der Waals surface area contributed by atoms with E-state index in [0.29, 0.717) is 11.1 Å². The minimum atomic E-state index is -0.527. The minimum absolute atomic E-state index is 0.165. The van der Waals surface area contributed by atoms with Crippen molar-refractivity contribution in [1.82, 2.24) is 0 Å². The molecule has 2 N–H and O–H groups in total. The third-order valence-electron chi connectivity index (χ3n) is 3.92. The summed E-state index contributed by atoms with van der Waals surface area (Å²) in [6.07, 6.45) is 0. The number of aryl methyl sites for hydroxylation is 1. The molecule has 0 aliphatic carbocycles. The van der Waals surface area contributed by atoms with Crippen LogP contribution in [0.15, 0.2) is 88.9 Å². The van der Waals surface area contributed by atoms with Gasteiger partial charge in [-0.2, -0.15) is 0 Å². The highest BCUT2D eigenvalue weighted by atomic mass is 32.2. The first kappa shape index (κ1) is 18.7. The van der Waals surface area contributed by atoms with E-state index in [1.54, 1.807) is 23.9 Å². The van der Waals surface area contributed by atoms with Gasteiger partial charge in [0.25, 0.3) is 0 Å². The van der Waals surface area contributed by atoms with Gasteiger partial charge in [-0.1, -0.05) is 77.4 Å². The Hall–Kier alpha value is -3.05. The highest BCUT2D eigenvalue weighted by Crippen LogP contribution is 2.26. The van der Waals surface area contributed by atoms with E-state index in [0.717, 1.165) is 16.2 Å². The number of thioether (sulfide) groups is 1. The van der Waals surface area contributed by atoms with Crippen LogP contribution in [0.2, 0.25) is 0 Å². The second-order valence-electron chi connectivity index (χ2n) is 5.99. The molecule has 0 spiro atoms. The number of oxime groups is 1. The van der Waals surface area contributed by atoms with Gasteiger partial charge in [-0.25, -0.2) is 4.79 Å². The van der Waals surface area contributed by atoms with Gasteiger partial charge in [0, 0.05) is 16.2 Å². The zero-order chi connectivity index (χ0) is 19.1. The number of hydrogen-bond acceptors (Lipinski definition) is 4. The molecule has 0 aromatic heterocycles. The fourth-order valence-electron chi connectivity index (χ4n) is 2.41. The molecule has 0 amide bonds. The molecule has 3 rings (SSSR count). The van der Waals surface area contributed by atoms with E-state index in [1.807, 2.05) is 61.5 Å². The number of benzene rings is 3. The Morgan fingerprint density at radius 1 is 0.963 bits per heavy atom. The van der Waals surface area contributed by atoms with E-state index in [1.165, 1.54) is 5.56 Å². The van der Waals surface area contributed by atoms with E-state index in [2.05, 4.69) is 17.3 Å². The summed E-state index contributed by atoms with van der Waals surface area (Å²) in [7, 11) is 0. The van der Waals surface area contributed by atoms with Crippen molar-refractivity contribution >= 4 is 23.6 Å². The molecule has 0 fully saturated rings. The zero-order valence-corrected chi connectivity index (χ0v) is 15.8. The second kappa shape index (κ2) is 9.05. The number of nitrogens with two attached hydrogens (primary N) is 1. The molecule has 0 saturated carbocycles. The highest BCUT2D eigenvalue weighted by molar-refractivity contribution is 7.98. The van der Waals surface area contributed by atoms with Gasteiger partial charge in [-0.15, -0.1) is 11.8 Å². The maximum Gasteiger partial charge on any atom is 0.366 e. The smallest absolute Gasteiger partial charge is 0.366 e. The fourth-order valence-corrected chi connectivity index (χ4v) is 3.41. The Kier molecular flexibility index (Phi) is 6.28. The van der Waals surface area contributed by atoms with Crippen LogP contribution in [0.4, 0.5) is 0 Å². The molecule has 0 saturated heterocycles. The van der Waals surface area contributed by atoms with Crippen molar-refractivity contribution in [3.63, 3.8) is 0 Å². The van der Waals surface area contributed by atoms with Gasteiger partial charge < -0.3 is 10.6 Å². The van der Waals surface area contributed by atoms with Gasteiger partial charge in [-0.3, -0.25) is 0 Å². The molecule has 0 atom stereocenters. The summed E-state index contributed by atoms with van der Waals surface area (Å²) in [5.74, 6) is 0.402. The Morgan fingerprint density at radius 3 is 2.37 bits per heavy atom. The van der Waals surface area contributed by atoms with Crippen molar-refractivity contribution in [2.45, 2.75) is 17.6 Å². The molecule has 0 aliphatic rings. The molecule has 136 valence electrons. The summed E-state index contributed by atoms with van der Waals surface area (Å²) in [4.78, 5) is 18.4. The van der Waals surface area contributed by atoms with Crippen LogP contribution < -0.4 is 5.73 Å². The lowest BCUT2D eigenvalue weighted by atomic mass is 10.1. The Balaban J connectivity index is 1.69. The van der Waals surface area contributed by atoms with Crippen LogP contribution in [0.3, 0.4) is 0 Å². The van der Waals surface area contributed by atoms with Crippen molar-refractivity contribution in [3.05, 3.63) is 101 Å². The van der Waals surface area contributed by atoms with E-state index >= 15 is 0 Å². The number of carbonyl (C=O) groups excluding carboxylic acids is 1. The van der Waals surface area contributed by atoms with Crippen LogP contribution in [0.25, 0.3) is 0 Å². The number of rotatable bonds is 6. The lowest BCUT2D eigenvalue weighted by molar-refractivity contribution is 0.0512. The predicted molar refractivity (Wildman–Crippen MR) is 110 cm³/mol. The molecule has 3 aromatic rings. The van der Waals surface area contributed by atoms with Crippen LogP contribution in [0.1, 0.15) is 27.0 Å². The predicted octanol–water partition coefficient (Wildman–Crippen LogP) is 4.76. The lowest BCUT2D eigenvalue weighted by Crippen LogP contribution is -2.15. The lowest BCUT2D eigenvalue weighted by Gasteiger charge is -2.07. The first-order valence-electron chi connectivity index (χ1n) is 8.51. The minimum Gasteiger partial charge on any atom is -0.380 e. The molecule has 0 unspecified atom stereocenters. The monoisotopic (exact) mass is 376 g/mol. The van der Waals surface area contributed by atoms with Gasteiger partial charge in [0.1, 0.15) is 0 Å². The highest BCUT2D eigenvalue weighted by Gasteiger charge is 2.13. The number of carbonyl (C=O) groups is 1. The van der Waals surface area contributed by atoms with Crippen molar-refractivity contribution in [2.75, 3.05) is 0 Å². The van der Waals surface area contributed by atoms with Crippen molar-refractivity contribution in [1.29, 1.82) is 0 Å².